The van der Waals surface area contributed by atoms with Crippen LogP contribution >= 0.6 is 7.82 Å². The molecule has 0 amide bonds. The first kappa shape index (κ1) is 37.4. The summed E-state index contributed by atoms with van der Waals surface area (Å²) in [5.41, 5.74) is 6.48. The van der Waals surface area contributed by atoms with E-state index in [2.05, 4.69) is 70.4 Å². The van der Waals surface area contributed by atoms with Gasteiger partial charge in [-0.2, -0.15) is 0 Å². The van der Waals surface area contributed by atoms with Crippen molar-refractivity contribution in [1.29, 1.82) is 0 Å². The normalized spacial score (nSPS) is 13.6. The molecule has 0 aliphatic heterocycles. The first-order valence-electron chi connectivity index (χ1n) is 10.8. The fourth-order valence-electron chi connectivity index (χ4n) is 2.92. The van der Waals surface area contributed by atoms with Crippen LogP contribution < -0.4 is 68.9 Å². The van der Waals surface area contributed by atoms with E-state index in [1.807, 2.05) is 6.92 Å². The van der Waals surface area contributed by atoms with Crippen LogP contribution in [0.5, 0.6) is 0 Å². The van der Waals surface area contributed by atoms with Crippen molar-refractivity contribution in [2.45, 2.75) is 87.0 Å². The predicted molar refractivity (Wildman–Crippen MR) is 125 cm³/mol. The van der Waals surface area contributed by atoms with Gasteiger partial charge in [0.2, 0.25) is 0 Å². The van der Waals surface area contributed by atoms with E-state index in [0.29, 0.717) is 5.92 Å². The molecule has 1 atom stereocenters. The maximum atomic E-state index is 10.6. The number of phosphoric acid groups is 1. The van der Waals surface area contributed by atoms with Gasteiger partial charge in [0, 0.05) is 0 Å². The fraction of sp³-hybridized carbons (Fsp3) is 0.600. The van der Waals surface area contributed by atoms with Crippen molar-refractivity contribution < 1.29 is 78.0 Å². The molecule has 4 nitrogen and oxygen atoms in total. The van der Waals surface area contributed by atoms with Crippen molar-refractivity contribution in [2.24, 2.45) is 5.92 Å². The zero-order valence-electron chi connectivity index (χ0n) is 22.0. The molecule has 1 unspecified atom stereocenters. The van der Waals surface area contributed by atoms with E-state index >= 15 is 0 Å². The third-order valence-corrected chi connectivity index (χ3v) is 5.38. The molecule has 32 heavy (non-hydrogen) atoms. The Hall–Kier alpha value is 0.810. The average Bonchev–Trinajstić information content (AvgIpc) is 2.59. The zero-order chi connectivity index (χ0) is 23.2. The van der Waals surface area contributed by atoms with Gasteiger partial charge in [-0.15, -0.1) is 0 Å². The number of allylic oxidation sites excluding steroid dienone is 9. The summed E-state index contributed by atoms with van der Waals surface area (Å²) in [5, 5.41) is 0. The van der Waals surface area contributed by atoms with Crippen molar-refractivity contribution in [1.82, 2.24) is 0 Å². The fourth-order valence-corrected chi connectivity index (χ4v) is 3.18. The van der Waals surface area contributed by atoms with Crippen molar-refractivity contribution in [2.75, 3.05) is 6.61 Å². The van der Waals surface area contributed by atoms with Gasteiger partial charge in [-0.05, 0) is 86.0 Å². The maximum absolute atomic E-state index is 10.6. The number of hydrogen-bond donors (Lipinski definition) is 0. The molecule has 0 radical (unpaired) electrons. The van der Waals surface area contributed by atoms with Crippen LogP contribution in [0.1, 0.15) is 87.0 Å². The molecule has 0 heterocycles. The predicted octanol–water partition coefficient (Wildman–Crippen LogP) is 0.568. The first-order chi connectivity index (χ1) is 13.9. The summed E-state index contributed by atoms with van der Waals surface area (Å²) in [5.74, 6) is 0.468. The van der Waals surface area contributed by atoms with Crippen LogP contribution in [0.2, 0.25) is 0 Å². The van der Waals surface area contributed by atoms with E-state index in [0.717, 1.165) is 44.1 Å². The summed E-state index contributed by atoms with van der Waals surface area (Å²) in [6, 6.07) is 0. The Morgan fingerprint density at radius 2 is 1.38 bits per heavy atom. The summed E-state index contributed by atoms with van der Waals surface area (Å²) in [7, 11) is -4.91. The molecule has 0 saturated heterocycles. The Balaban J connectivity index is -0.00000420. The van der Waals surface area contributed by atoms with Crippen LogP contribution in [0.25, 0.3) is 0 Å². The Bertz CT molecular complexity index is 707. The monoisotopic (exact) mass is 482 g/mol. The number of hydrogen-bond acceptors (Lipinski definition) is 4. The molecule has 0 spiro atoms. The number of phosphoric ester groups is 1. The summed E-state index contributed by atoms with van der Waals surface area (Å²) in [6.45, 7) is 14.7. The van der Waals surface area contributed by atoms with Crippen molar-refractivity contribution in [3.63, 3.8) is 0 Å². The smallest absolute Gasteiger partial charge is 0.790 e. The molecule has 7 heteroatoms. The zero-order valence-corrected chi connectivity index (χ0v) is 26.9. The molecular weight excluding hydrogens is 441 g/mol. The molecular formula is C25H41Na2O4P. The van der Waals surface area contributed by atoms with E-state index in [1.54, 1.807) is 6.08 Å². The third kappa shape index (κ3) is 24.0. The van der Waals surface area contributed by atoms with E-state index in [4.69, 9.17) is 0 Å². The van der Waals surface area contributed by atoms with E-state index in [9.17, 15) is 14.4 Å². The third-order valence-electron chi connectivity index (χ3n) is 4.91. The number of rotatable bonds is 14. The minimum Gasteiger partial charge on any atom is -0.790 e. The quantitative estimate of drug-likeness (QED) is 0.206. The summed E-state index contributed by atoms with van der Waals surface area (Å²) in [6.07, 6.45) is 16.7. The van der Waals surface area contributed by atoms with Crippen molar-refractivity contribution >= 4 is 7.82 Å². The second kappa shape index (κ2) is 21.1. The molecule has 0 aromatic rings. The maximum Gasteiger partial charge on any atom is 1.00 e. The minimum absolute atomic E-state index is 0. The molecule has 0 fully saturated rings. The largest absolute Gasteiger partial charge is 1.00 e. The van der Waals surface area contributed by atoms with Gasteiger partial charge in [-0.1, -0.05) is 65.2 Å². The van der Waals surface area contributed by atoms with Crippen LogP contribution in [0.15, 0.2) is 58.2 Å². The van der Waals surface area contributed by atoms with Crippen LogP contribution in [0.3, 0.4) is 0 Å². The van der Waals surface area contributed by atoms with Crippen LogP contribution in [0, 0.1) is 5.92 Å². The molecule has 172 valence electrons. The Kier molecular flexibility index (Phi) is 24.7. The van der Waals surface area contributed by atoms with Gasteiger partial charge in [0.1, 0.15) is 0 Å². The molecule has 0 rings (SSSR count). The standard InChI is InChI=1S/C25H43O4P.2Na/c1-20(2)10-8-12-22(5)14-16-25(24(7)13-9-11-21(3)4)17-15-23(6)18-19-29-30(26,27)28;;/h10-11,14,17-18,24H,8-9,12-13,15-16,19H2,1-7H3,(H2,26,27,28);;/q;2*+1/p-2/b22-14+,23-18+,25-17+;;. The van der Waals surface area contributed by atoms with E-state index in [-0.39, 0.29) is 65.7 Å². The van der Waals surface area contributed by atoms with Crippen LogP contribution in [0.4, 0.5) is 0 Å². The van der Waals surface area contributed by atoms with Crippen molar-refractivity contribution in [3.8, 4) is 0 Å². The van der Waals surface area contributed by atoms with Gasteiger partial charge >= 0.3 is 59.1 Å². The molecule has 0 bridgehead atoms. The minimum atomic E-state index is -4.91. The van der Waals surface area contributed by atoms with E-state index < -0.39 is 7.82 Å². The second-order valence-corrected chi connectivity index (χ2v) is 9.76. The van der Waals surface area contributed by atoms with Gasteiger partial charge in [-0.25, -0.2) is 0 Å². The topological polar surface area (TPSA) is 72.4 Å². The van der Waals surface area contributed by atoms with Crippen LogP contribution in [-0.2, 0) is 9.09 Å². The summed E-state index contributed by atoms with van der Waals surface area (Å²) >= 11 is 0. The summed E-state index contributed by atoms with van der Waals surface area (Å²) in [4.78, 5) is 21.1. The van der Waals surface area contributed by atoms with Gasteiger partial charge in [-0.3, -0.25) is 0 Å². The summed E-state index contributed by atoms with van der Waals surface area (Å²) < 4.78 is 14.9. The Morgan fingerprint density at radius 1 is 0.812 bits per heavy atom. The van der Waals surface area contributed by atoms with E-state index in [1.165, 1.54) is 22.3 Å². The SMILES string of the molecule is CC(C)=CCC/C(C)=C/C/C(=C\C/C(C)=C/COP(=O)([O-])[O-])C(C)CCC=C(C)C.[Na+].[Na+]. The molecule has 0 saturated carbocycles. The first-order valence-corrected chi connectivity index (χ1v) is 12.3. The van der Waals surface area contributed by atoms with Crippen LogP contribution in [-0.4, -0.2) is 6.61 Å². The van der Waals surface area contributed by atoms with Gasteiger partial charge in [0.15, 0.2) is 0 Å². The Morgan fingerprint density at radius 3 is 1.91 bits per heavy atom. The van der Waals surface area contributed by atoms with Crippen molar-refractivity contribution in [3.05, 3.63) is 58.2 Å². The van der Waals surface area contributed by atoms with Gasteiger partial charge in [0.05, 0.1) is 14.4 Å². The molecule has 0 N–H and O–H groups in total. The van der Waals surface area contributed by atoms with Gasteiger partial charge < -0.3 is 18.9 Å². The molecule has 0 aromatic heterocycles. The molecule has 0 aromatic carbocycles. The second-order valence-electron chi connectivity index (χ2n) is 8.61. The molecule has 0 aliphatic rings. The Labute approximate surface area is 241 Å². The average molecular weight is 483 g/mol. The molecule has 0 aliphatic carbocycles. The van der Waals surface area contributed by atoms with Gasteiger partial charge in [0.25, 0.3) is 0 Å².